The predicted octanol–water partition coefficient (Wildman–Crippen LogP) is 4.80. The van der Waals surface area contributed by atoms with Crippen molar-refractivity contribution < 1.29 is 9.13 Å². The monoisotopic (exact) mass is 281 g/mol. The zero-order valence-corrected chi connectivity index (χ0v) is 10.5. The highest BCUT2D eigenvalue weighted by Crippen LogP contribution is 2.30. The molecule has 0 aromatic heterocycles. The molecular weight excluding hydrogens is 276 g/mol. The zero-order valence-electron chi connectivity index (χ0n) is 8.95. The molecule has 0 aliphatic rings. The van der Waals surface area contributed by atoms with Crippen molar-refractivity contribution in [1.82, 2.24) is 0 Å². The normalized spacial score (nSPS) is 9.89. The quantitative estimate of drug-likeness (QED) is 0.792. The Labute approximate surface area is 113 Å². The van der Waals surface area contributed by atoms with Crippen LogP contribution in [-0.2, 0) is 0 Å². The van der Waals surface area contributed by atoms with Gasteiger partial charge in [0.2, 0.25) is 0 Å². The summed E-state index contributed by atoms with van der Waals surface area (Å²) in [6.45, 7) is 0. The van der Waals surface area contributed by atoms with Gasteiger partial charge in [0.1, 0.15) is 11.8 Å². The topological polar surface area (TPSA) is 33.0 Å². The zero-order chi connectivity index (χ0) is 13.1. The highest BCUT2D eigenvalue weighted by atomic mass is 35.5. The highest BCUT2D eigenvalue weighted by molar-refractivity contribution is 6.32. The summed E-state index contributed by atoms with van der Waals surface area (Å²) in [4.78, 5) is 0. The van der Waals surface area contributed by atoms with Crippen molar-refractivity contribution in [2.45, 2.75) is 0 Å². The van der Waals surface area contributed by atoms with Crippen molar-refractivity contribution in [3.8, 4) is 17.6 Å². The molecule has 0 saturated carbocycles. The van der Waals surface area contributed by atoms with Crippen LogP contribution in [0.4, 0.5) is 4.39 Å². The van der Waals surface area contributed by atoms with Gasteiger partial charge < -0.3 is 4.74 Å². The van der Waals surface area contributed by atoms with E-state index in [4.69, 9.17) is 33.2 Å². The third-order valence-corrected chi connectivity index (χ3v) is 2.81. The predicted molar refractivity (Wildman–Crippen MR) is 67.7 cm³/mol. The maximum Gasteiger partial charge on any atom is 0.184 e. The molecule has 5 heteroatoms. The molecule has 0 unspecified atom stereocenters. The van der Waals surface area contributed by atoms with Gasteiger partial charge in [0.05, 0.1) is 15.6 Å². The molecule has 0 aliphatic heterocycles. The van der Waals surface area contributed by atoms with E-state index in [-0.39, 0.29) is 15.8 Å². The molecule has 2 aromatic rings. The number of hydrogen-bond donors (Lipinski definition) is 0. The van der Waals surface area contributed by atoms with Crippen LogP contribution in [0.3, 0.4) is 0 Å². The average molecular weight is 282 g/mol. The minimum Gasteiger partial charge on any atom is -0.454 e. The van der Waals surface area contributed by atoms with Crippen LogP contribution in [0.5, 0.6) is 11.5 Å². The van der Waals surface area contributed by atoms with Gasteiger partial charge in [-0.1, -0.05) is 29.3 Å². The number of benzene rings is 2. The molecule has 2 rings (SSSR count). The van der Waals surface area contributed by atoms with Gasteiger partial charge in [0, 0.05) is 6.07 Å². The summed E-state index contributed by atoms with van der Waals surface area (Å²) in [5, 5.41) is 8.95. The van der Waals surface area contributed by atoms with Gasteiger partial charge in [-0.05, 0) is 24.3 Å². The number of halogens is 3. The van der Waals surface area contributed by atoms with Gasteiger partial charge in [-0.3, -0.25) is 0 Å². The Bertz CT molecular complexity index is 637. The van der Waals surface area contributed by atoms with Gasteiger partial charge in [0.15, 0.2) is 11.6 Å². The second-order valence-corrected chi connectivity index (χ2v) is 4.22. The average Bonchev–Trinajstić information content (AvgIpc) is 2.35. The first-order chi connectivity index (χ1) is 8.61. The molecule has 0 atom stereocenters. The van der Waals surface area contributed by atoms with Crippen LogP contribution in [0.1, 0.15) is 5.56 Å². The number of nitriles is 1. The molecule has 0 bridgehead atoms. The van der Waals surface area contributed by atoms with Crippen LogP contribution in [-0.4, -0.2) is 0 Å². The van der Waals surface area contributed by atoms with E-state index in [1.54, 1.807) is 6.07 Å². The smallest absolute Gasteiger partial charge is 0.184 e. The number of rotatable bonds is 2. The molecule has 0 aliphatic carbocycles. The first-order valence-electron chi connectivity index (χ1n) is 4.93. The Balaban J connectivity index is 2.32. The van der Waals surface area contributed by atoms with Crippen LogP contribution < -0.4 is 4.74 Å². The van der Waals surface area contributed by atoms with E-state index >= 15 is 0 Å². The molecular formula is C13H6Cl2FNO. The van der Waals surface area contributed by atoms with Gasteiger partial charge >= 0.3 is 0 Å². The fraction of sp³-hybridized carbons (Fsp3) is 0. The second kappa shape index (κ2) is 5.26. The maximum atomic E-state index is 13.6. The van der Waals surface area contributed by atoms with Crippen LogP contribution >= 0.6 is 23.2 Å². The van der Waals surface area contributed by atoms with E-state index in [0.717, 1.165) is 0 Å². The van der Waals surface area contributed by atoms with E-state index in [9.17, 15) is 4.39 Å². The van der Waals surface area contributed by atoms with Crippen LogP contribution in [0.2, 0.25) is 10.0 Å². The summed E-state index contributed by atoms with van der Waals surface area (Å²) in [5.41, 5.74) is 0.329. The molecule has 0 spiro atoms. The molecule has 0 saturated heterocycles. The lowest BCUT2D eigenvalue weighted by Crippen LogP contribution is -1.89. The second-order valence-electron chi connectivity index (χ2n) is 3.41. The molecule has 0 fully saturated rings. The summed E-state index contributed by atoms with van der Waals surface area (Å²) in [6, 6.07) is 10.9. The fourth-order valence-electron chi connectivity index (χ4n) is 1.34. The van der Waals surface area contributed by atoms with Gasteiger partial charge in [-0.25, -0.2) is 4.39 Å². The van der Waals surface area contributed by atoms with Crippen molar-refractivity contribution in [1.29, 1.82) is 5.26 Å². The van der Waals surface area contributed by atoms with E-state index in [1.165, 1.54) is 30.3 Å². The van der Waals surface area contributed by atoms with E-state index in [2.05, 4.69) is 0 Å². The highest BCUT2D eigenvalue weighted by Gasteiger charge is 2.09. The van der Waals surface area contributed by atoms with Crippen LogP contribution in [0.25, 0.3) is 0 Å². The standard InChI is InChI=1S/C13H6Cl2FNO/c14-10-2-1-3-12(13(10)16)18-9-5-4-8(7-17)11(15)6-9/h1-6H. The Morgan fingerprint density at radius 3 is 2.56 bits per heavy atom. The van der Waals surface area contributed by atoms with Gasteiger partial charge in [0.25, 0.3) is 0 Å². The molecule has 0 amide bonds. The molecule has 2 aromatic carbocycles. The van der Waals surface area contributed by atoms with Gasteiger partial charge in [-0.2, -0.15) is 5.26 Å². The van der Waals surface area contributed by atoms with Gasteiger partial charge in [-0.15, -0.1) is 0 Å². The summed E-state index contributed by atoms with van der Waals surface area (Å²) in [6.07, 6.45) is 0. The lowest BCUT2D eigenvalue weighted by Gasteiger charge is -2.08. The Hall–Kier alpha value is -1.76. The number of nitrogens with zero attached hydrogens (tertiary/aromatic N) is 1. The molecule has 18 heavy (non-hydrogen) atoms. The van der Waals surface area contributed by atoms with Crippen molar-refractivity contribution in [3.05, 3.63) is 57.8 Å². The number of ether oxygens (including phenoxy) is 1. The molecule has 0 radical (unpaired) electrons. The third kappa shape index (κ3) is 2.56. The minimum absolute atomic E-state index is 0.00303. The number of hydrogen-bond acceptors (Lipinski definition) is 2. The van der Waals surface area contributed by atoms with Crippen molar-refractivity contribution >= 4 is 23.2 Å². The summed E-state index contributed by atoms with van der Waals surface area (Å²) >= 11 is 11.5. The lowest BCUT2D eigenvalue weighted by atomic mass is 10.2. The fourth-order valence-corrected chi connectivity index (χ4v) is 1.72. The summed E-state index contributed by atoms with van der Waals surface area (Å²) < 4.78 is 18.9. The van der Waals surface area contributed by atoms with E-state index in [1.807, 2.05) is 6.07 Å². The molecule has 0 heterocycles. The Morgan fingerprint density at radius 2 is 1.89 bits per heavy atom. The van der Waals surface area contributed by atoms with E-state index in [0.29, 0.717) is 11.3 Å². The summed E-state index contributed by atoms with van der Waals surface area (Å²) in [5.74, 6) is -0.303. The van der Waals surface area contributed by atoms with Crippen molar-refractivity contribution in [2.24, 2.45) is 0 Å². The summed E-state index contributed by atoms with van der Waals surface area (Å²) in [7, 11) is 0. The van der Waals surface area contributed by atoms with Crippen LogP contribution in [0, 0.1) is 17.1 Å². The minimum atomic E-state index is -0.639. The van der Waals surface area contributed by atoms with Crippen molar-refractivity contribution in [2.75, 3.05) is 0 Å². The lowest BCUT2D eigenvalue weighted by molar-refractivity contribution is 0.442. The third-order valence-electron chi connectivity index (χ3n) is 2.20. The Kier molecular flexibility index (Phi) is 3.71. The first kappa shape index (κ1) is 12.7. The maximum absolute atomic E-state index is 13.6. The molecule has 90 valence electrons. The SMILES string of the molecule is N#Cc1ccc(Oc2cccc(Cl)c2F)cc1Cl. The van der Waals surface area contributed by atoms with Crippen LogP contribution in [0.15, 0.2) is 36.4 Å². The molecule has 2 nitrogen and oxygen atoms in total. The molecule has 0 N–H and O–H groups in total. The Morgan fingerprint density at radius 1 is 1.11 bits per heavy atom. The largest absolute Gasteiger partial charge is 0.454 e. The van der Waals surface area contributed by atoms with Crippen molar-refractivity contribution in [3.63, 3.8) is 0 Å². The first-order valence-corrected chi connectivity index (χ1v) is 5.69. The van der Waals surface area contributed by atoms with E-state index < -0.39 is 5.82 Å².